The van der Waals surface area contributed by atoms with E-state index in [0.717, 1.165) is 55.0 Å². The summed E-state index contributed by atoms with van der Waals surface area (Å²) in [5, 5.41) is 10.2. The highest BCUT2D eigenvalue weighted by atomic mass is 16.5. The lowest BCUT2D eigenvalue weighted by molar-refractivity contribution is 0.276. The smallest absolute Gasteiger partial charge is 0.229 e. The molecule has 1 aromatic heterocycles. The summed E-state index contributed by atoms with van der Waals surface area (Å²) in [5.74, 6) is 4.49. The molecule has 2 aromatic rings. The fraction of sp³-hybridized carbons (Fsp3) is 0.600. The van der Waals surface area contributed by atoms with Crippen LogP contribution in [0.25, 0.3) is 0 Å². The Kier molecular flexibility index (Phi) is 8.42. The highest BCUT2D eigenvalue weighted by Crippen LogP contribution is 2.32. The molecule has 0 spiro atoms. The van der Waals surface area contributed by atoms with Crippen molar-refractivity contribution in [2.45, 2.75) is 51.4 Å². The third kappa shape index (κ3) is 6.73. The lowest BCUT2D eigenvalue weighted by Gasteiger charge is -2.23. The van der Waals surface area contributed by atoms with Crippen LogP contribution in [0, 0.1) is 11.8 Å². The number of nitrogens with zero attached hydrogens (tertiary/aromatic N) is 2. The molecule has 0 atom stereocenters. The number of methoxy groups -OCH3 is 1. The second kappa shape index (κ2) is 11.9. The van der Waals surface area contributed by atoms with Gasteiger partial charge in [-0.05, 0) is 68.8 Å². The molecule has 1 saturated carbocycles. The summed E-state index contributed by atoms with van der Waals surface area (Å²) >= 11 is 0. The SMILES string of the molecule is COc1ccc(Nc2nccc(NCC3CCNCC3)n2)cc1OCCCC1CCCC1. The third-order valence-corrected chi connectivity index (χ3v) is 6.59. The van der Waals surface area contributed by atoms with Gasteiger partial charge in [-0.2, -0.15) is 4.98 Å². The van der Waals surface area contributed by atoms with Crippen LogP contribution in [0.15, 0.2) is 30.5 Å². The summed E-state index contributed by atoms with van der Waals surface area (Å²) in [7, 11) is 1.68. The minimum atomic E-state index is 0.567. The zero-order valence-corrected chi connectivity index (χ0v) is 19.2. The Morgan fingerprint density at radius 2 is 1.88 bits per heavy atom. The van der Waals surface area contributed by atoms with Gasteiger partial charge in [0.2, 0.25) is 5.95 Å². The first-order valence-corrected chi connectivity index (χ1v) is 12.2. The minimum Gasteiger partial charge on any atom is -0.493 e. The summed E-state index contributed by atoms with van der Waals surface area (Å²) in [4.78, 5) is 9.00. The van der Waals surface area contributed by atoms with Crippen molar-refractivity contribution in [3.63, 3.8) is 0 Å². The van der Waals surface area contributed by atoms with E-state index in [9.17, 15) is 0 Å². The summed E-state index contributed by atoms with van der Waals surface area (Å²) in [5.41, 5.74) is 0.882. The van der Waals surface area contributed by atoms with E-state index in [1.165, 1.54) is 44.9 Å². The Bertz CT molecular complexity index is 835. The van der Waals surface area contributed by atoms with Crippen LogP contribution in [0.3, 0.4) is 0 Å². The molecule has 3 N–H and O–H groups in total. The van der Waals surface area contributed by atoms with Crippen LogP contribution in [0.5, 0.6) is 11.5 Å². The first-order chi connectivity index (χ1) is 15.8. The molecule has 0 unspecified atom stereocenters. The zero-order valence-electron chi connectivity index (χ0n) is 19.2. The van der Waals surface area contributed by atoms with E-state index in [1.807, 2.05) is 24.3 Å². The number of ether oxygens (including phenoxy) is 2. The number of aromatic nitrogens is 2. The maximum atomic E-state index is 6.07. The average Bonchev–Trinajstić information content (AvgIpc) is 3.35. The standard InChI is InChI=1S/C25H37N5O2/c1-31-22-9-8-21(17-23(22)32-16-4-7-19-5-2-3-6-19)29-25-27-15-12-24(30-25)28-18-20-10-13-26-14-11-20/h8-9,12,15,17,19-20,26H,2-7,10-11,13-14,16,18H2,1H3,(H2,27,28,29,30). The van der Waals surface area contributed by atoms with Crippen LogP contribution in [0.2, 0.25) is 0 Å². The zero-order chi connectivity index (χ0) is 22.0. The van der Waals surface area contributed by atoms with Crippen molar-refractivity contribution in [3.8, 4) is 11.5 Å². The largest absolute Gasteiger partial charge is 0.493 e. The molecule has 1 aliphatic heterocycles. The van der Waals surface area contributed by atoms with Gasteiger partial charge in [-0.25, -0.2) is 4.98 Å². The van der Waals surface area contributed by atoms with Crippen molar-refractivity contribution < 1.29 is 9.47 Å². The van der Waals surface area contributed by atoms with Gasteiger partial charge in [0.05, 0.1) is 13.7 Å². The number of benzene rings is 1. The number of hydrogen-bond donors (Lipinski definition) is 3. The molecule has 1 saturated heterocycles. The van der Waals surface area contributed by atoms with Gasteiger partial charge >= 0.3 is 0 Å². The first kappa shape index (κ1) is 22.6. The van der Waals surface area contributed by atoms with E-state index in [0.29, 0.717) is 18.5 Å². The van der Waals surface area contributed by atoms with Gasteiger partial charge in [-0.1, -0.05) is 25.7 Å². The normalized spacial score (nSPS) is 17.3. The van der Waals surface area contributed by atoms with Crippen LogP contribution in [0.4, 0.5) is 17.5 Å². The van der Waals surface area contributed by atoms with Crippen molar-refractivity contribution in [1.29, 1.82) is 0 Å². The van der Waals surface area contributed by atoms with Crippen molar-refractivity contribution in [2.75, 3.05) is 44.0 Å². The molecule has 7 nitrogen and oxygen atoms in total. The Labute approximate surface area is 191 Å². The van der Waals surface area contributed by atoms with Gasteiger partial charge in [0, 0.05) is 24.5 Å². The van der Waals surface area contributed by atoms with Gasteiger partial charge in [-0.15, -0.1) is 0 Å². The van der Waals surface area contributed by atoms with Crippen LogP contribution in [0.1, 0.15) is 51.4 Å². The Morgan fingerprint density at radius 1 is 1.03 bits per heavy atom. The van der Waals surface area contributed by atoms with Gasteiger partial charge in [0.1, 0.15) is 5.82 Å². The topological polar surface area (TPSA) is 80.3 Å². The Morgan fingerprint density at radius 3 is 2.69 bits per heavy atom. The number of piperidine rings is 1. The van der Waals surface area contributed by atoms with E-state index >= 15 is 0 Å². The molecule has 1 aromatic carbocycles. The minimum absolute atomic E-state index is 0.567. The molecule has 0 radical (unpaired) electrons. The molecule has 0 amide bonds. The lowest BCUT2D eigenvalue weighted by Crippen LogP contribution is -2.31. The summed E-state index contributed by atoms with van der Waals surface area (Å²) in [6.45, 7) is 3.86. The second-order valence-electron chi connectivity index (χ2n) is 8.97. The van der Waals surface area contributed by atoms with Gasteiger partial charge in [0.25, 0.3) is 0 Å². The van der Waals surface area contributed by atoms with E-state index in [4.69, 9.17) is 9.47 Å². The summed E-state index contributed by atoms with van der Waals surface area (Å²) < 4.78 is 11.6. The fourth-order valence-electron chi connectivity index (χ4n) is 4.70. The van der Waals surface area contributed by atoms with E-state index < -0.39 is 0 Å². The van der Waals surface area contributed by atoms with Crippen molar-refractivity contribution >= 4 is 17.5 Å². The molecule has 32 heavy (non-hydrogen) atoms. The maximum Gasteiger partial charge on any atom is 0.229 e. The quantitative estimate of drug-likeness (QED) is 0.426. The van der Waals surface area contributed by atoms with E-state index in [-0.39, 0.29) is 0 Å². The van der Waals surface area contributed by atoms with Crippen LogP contribution in [-0.4, -0.2) is 43.3 Å². The molecular formula is C25H37N5O2. The predicted octanol–water partition coefficient (Wildman–Crippen LogP) is 4.99. The highest BCUT2D eigenvalue weighted by molar-refractivity contribution is 5.60. The maximum absolute atomic E-state index is 6.07. The Hall–Kier alpha value is -2.54. The third-order valence-electron chi connectivity index (χ3n) is 6.59. The molecule has 0 bridgehead atoms. The van der Waals surface area contributed by atoms with Crippen LogP contribution in [-0.2, 0) is 0 Å². The fourth-order valence-corrected chi connectivity index (χ4v) is 4.70. The Balaban J connectivity index is 1.31. The molecule has 4 rings (SSSR count). The van der Waals surface area contributed by atoms with Gasteiger partial charge < -0.3 is 25.4 Å². The molecule has 7 heteroatoms. The number of anilines is 3. The van der Waals surface area contributed by atoms with Crippen LogP contribution < -0.4 is 25.4 Å². The molecule has 174 valence electrons. The predicted molar refractivity (Wildman–Crippen MR) is 129 cm³/mol. The van der Waals surface area contributed by atoms with Gasteiger partial charge in [-0.3, -0.25) is 0 Å². The number of hydrogen-bond acceptors (Lipinski definition) is 7. The monoisotopic (exact) mass is 439 g/mol. The lowest BCUT2D eigenvalue weighted by atomic mass is 9.98. The average molecular weight is 440 g/mol. The van der Waals surface area contributed by atoms with Crippen molar-refractivity contribution in [2.24, 2.45) is 11.8 Å². The molecular weight excluding hydrogens is 402 g/mol. The van der Waals surface area contributed by atoms with Crippen molar-refractivity contribution in [1.82, 2.24) is 15.3 Å². The van der Waals surface area contributed by atoms with Gasteiger partial charge in [0.15, 0.2) is 11.5 Å². The number of rotatable bonds is 11. The van der Waals surface area contributed by atoms with E-state index in [1.54, 1.807) is 13.3 Å². The van der Waals surface area contributed by atoms with Crippen molar-refractivity contribution in [3.05, 3.63) is 30.5 Å². The molecule has 2 aliphatic rings. The molecule has 2 heterocycles. The van der Waals surface area contributed by atoms with E-state index in [2.05, 4.69) is 25.9 Å². The number of nitrogens with one attached hydrogen (secondary N) is 3. The first-order valence-electron chi connectivity index (χ1n) is 12.2. The second-order valence-corrected chi connectivity index (χ2v) is 8.97. The van der Waals surface area contributed by atoms with Crippen LogP contribution >= 0.6 is 0 Å². The summed E-state index contributed by atoms with van der Waals surface area (Å²) in [6, 6.07) is 7.77. The summed E-state index contributed by atoms with van der Waals surface area (Å²) in [6.07, 6.45) is 12.1. The molecule has 2 fully saturated rings. The molecule has 1 aliphatic carbocycles. The highest BCUT2D eigenvalue weighted by Gasteiger charge is 2.15.